The zero-order valence-electron chi connectivity index (χ0n) is 29.4. The molecule has 252 valence electrons. The van der Waals surface area contributed by atoms with Crippen molar-refractivity contribution in [3.8, 4) is 27.9 Å². The first-order valence-electron chi connectivity index (χ1n) is 18.6. The molecular weight excluding hydrogens is 641 g/mol. The van der Waals surface area contributed by atoms with Crippen molar-refractivity contribution in [2.24, 2.45) is 0 Å². The summed E-state index contributed by atoms with van der Waals surface area (Å²) in [5.74, 6) is 0. The Kier molecular flexibility index (Phi) is 7.73. The highest BCUT2D eigenvalue weighted by molar-refractivity contribution is 6.14. The minimum absolute atomic E-state index is 0.0925. The van der Waals surface area contributed by atoms with Crippen LogP contribution in [0.1, 0.15) is 24.0 Å². The van der Waals surface area contributed by atoms with Gasteiger partial charge in [-0.05, 0) is 106 Å². The van der Waals surface area contributed by atoms with Crippen LogP contribution in [0.4, 0.5) is 11.4 Å². The number of nitrogens with zero attached hydrogens (tertiary/aromatic N) is 2. The van der Waals surface area contributed by atoms with Crippen LogP contribution in [0.3, 0.4) is 0 Å². The van der Waals surface area contributed by atoms with E-state index in [9.17, 15) is 0 Å². The Morgan fingerprint density at radius 2 is 1.25 bits per heavy atom. The van der Waals surface area contributed by atoms with Crippen molar-refractivity contribution in [1.82, 2.24) is 4.57 Å². The standard InChI is InChI=1S/C51H38N2/c1-2-6-18-36(17-5-1)40-31-41(37-19-7-3-8-20-37)33-42(32-40)38-22-15-24-44(34-38)53-49-29-14-12-26-46(49)47-27-16-30-50(51(47)53)52-43-23-10-4-9-21-39(35-43)45-25-11-13-28-48(45)52/h1-3,5,7-35,43H,4,6H2/b21-9+,23-10-. The van der Waals surface area contributed by atoms with Gasteiger partial charge in [0.1, 0.15) is 0 Å². The van der Waals surface area contributed by atoms with E-state index in [1.54, 1.807) is 0 Å². The Morgan fingerprint density at radius 3 is 2.19 bits per heavy atom. The van der Waals surface area contributed by atoms with Gasteiger partial charge in [-0.3, -0.25) is 0 Å². The van der Waals surface area contributed by atoms with Crippen LogP contribution in [0, 0.1) is 0 Å². The minimum atomic E-state index is 0.0925. The fourth-order valence-corrected chi connectivity index (χ4v) is 8.34. The van der Waals surface area contributed by atoms with E-state index < -0.39 is 0 Å². The molecule has 2 nitrogen and oxygen atoms in total. The van der Waals surface area contributed by atoms with Gasteiger partial charge in [0.2, 0.25) is 0 Å². The average Bonchev–Trinajstić information content (AvgIpc) is 3.32. The van der Waals surface area contributed by atoms with E-state index >= 15 is 0 Å². The van der Waals surface area contributed by atoms with E-state index in [1.165, 1.54) is 77.7 Å². The highest BCUT2D eigenvalue weighted by atomic mass is 15.2. The second kappa shape index (κ2) is 13.2. The number of fused-ring (bicyclic) bond motifs is 6. The van der Waals surface area contributed by atoms with Crippen LogP contribution in [0.15, 0.2) is 200 Å². The van der Waals surface area contributed by atoms with E-state index in [1.807, 2.05) is 0 Å². The molecule has 7 aromatic rings. The number of anilines is 2. The molecule has 2 aliphatic carbocycles. The van der Waals surface area contributed by atoms with Crippen molar-refractivity contribution in [3.05, 3.63) is 211 Å². The van der Waals surface area contributed by atoms with E-state index in [0.29, 0.717) is 0 Å². The van der Waals surface area contributed by atoms with Crippen LogP contribution >= 0.6 is 0 Å². The maximum Gasteiger partial charge on any atom is 0.0779 e. The number of benzene rings is 6. The molecule has 1 atom stereocenters. The summed E-state index contributed by atoms with van der Waals surface area (Å²) in [7, 11) is 0. The summed E-state index contributed by atoms with van der Waals surface area (Å²) in [5, 5.41) is 2.50. The smallest absolute Gasteiger partial charge is 0.0779 e. The number of rotatable bonds is 5. The molecule has 1 aliphatic heterocycles. The van der Waals surface area contributed by atoms with Gasteiger partial charge in [0, 0.05) is 27.7 Å². The van der Waals surface area contributed by atoms with Gasteiger partial charge in [-0.2, -0.15) is 0 Å². The molecular formula is C51H38N2. The molecule has 0 amide bonds. The molecule has 53 heavy (non-hydrogen) atoms. The van der Waals surface area contributed by atoms with E-state index in [4.69, 9.17) is 0 Å². The third-order valence-corrected chi connectivity index (χ3v) is 10.8. The van der Waals surface area contributed by atoms with Crippen LogP contribution in [0.25, 0.3) is 60.9 Å². The quantitative estimate of drug-likeness (QED) is 0.165. The Labute approximate surface area is 311 Å². The van der Waals surface area contributed by atoms with Gasteiger partial charge in [-0.15, -0.1) is 0 Å². The molecule has 6 aromatic carbocycles. The monoisotopic (exact) mass is 678 g/mol. The maximum absolute atomic E-state index is 2.54. The van der Waals surface area contributed by atoms with Gasteiger partial charge in [0.05, 0.1) is 22.8 Å². The van der Waals surface area contributed by atoms with Gasteiger partial charge in [-0.25, -0.2) is 0 Å². The second-order valence-electron chi connectivity index (χ2n) is 14.0. The van der Waals surface area contributed by atoms with Gasteiger partial charge in [0.25, 0.3) is 0 Å². The van der Waals surface area contributed by atoms with Gasteiger partial charge < -0.3 is 9.47 Å². The largest absolute Gasteiger partial charge is 0.329 e. The summed E-state index contributed by atoms with van der Waals surface area (Å²) in [4.78, 5) is 2.54. The van der Waals surface area contributed by atoms with E-state index in [2.05, 4.69) is 210 Å². The number of para-hydroxylation sites is 3. The van der Waals surface area contributed by atoms with Crippen molar-refractivity contribution < 1.29 is 0 Å². The van der Waals surface area contributed by atoms with Crippen LogP contribution in [-0.2, 0) is 0 Å². The zero-order chi connectivity index (χ0) is 35.1. The number of hydrogen-bond acceptors (Lipinski definition) is 1. The van der Waals surface area contributed by atoms with Crippen LogP contribution in [0.2, 0.25) is 0 Å². The lowest BCUT2D eigenvalue weighted by atomic mass is 9.92. The maximum atomic E-state index is 2.54. The third-order valence-electron chi connectivity index (χ3n) is 10.8. The summed E-state index contributed by atoms with van der Waals surface area (Å²) in [6, 6.07) is 51.5. The molecule has 10 rings (SSSR count). The molecule has 1 aromatic heterocycles. The summed E-state index contributed by atoms with van der Waals surface area (Å²) in [6.45, 7) is 0. The first-order chi connectivity index (χ1) is 26.3. The van der Waals surface area contributed by atoms with Crippen LogP contribution in [0.5, 0.6) is 0 Å². The molecule has 0 fully saturated rings. The molecule has 0 radical (unpaired) electrons. The second-order valence-corrected chi connectivity index (χ2v) is 14.0. The topological polar surface area (TPSA) is 8.17 Å². The average molecular weight is 679 g/mol. The molecule has 0 saturated carbocycles. The molecule has 0 saturated heterocycles. The summed E-state index contributed by atoms with van der Waals surface area (Å²) < 4.78 is 2.49. The number of allylic oxidation sites excluding steroid dienone is 10. The van der Waals surface area contributed by atoms with Crippen molar-refractivity contribution in [2.45, 2.75) is 18.9 Å². The first kappa shape index (κ1) is 31.1. The molecule has 2 heterocycles. The Morgan fingerprint density at radius 1 is 0.491 bits per heavy atom. The lowest BCUT2D eigenvalue weighted by molar-refractivity contribution is 0.924. The van der Waals surface area contributed by atoms with E-state index in [-0.39, 0.29) is 6.04 Å². The number of hydrogen-bond donors (Lipinski definition) is 0. The zero-order valence-corrected chi connectivity index (χ0v) is 29.4. The predicted molar refractivity (Wildman–Crippen MR) is 226 cm³/mol. The van der Waals surface area contributed by atoms with Crippen LogP contribution < -0.4 is 4.90 Å². The van der Waals surface area contributed by atoms with E-state index in [0.717, 1.165) is 18.5 Å². The highest BCUT2D eigenvalue weighted by Crippen LogP contribution is 2.46. The van der Waals surface area contributed by atoms with Crippen LogP contribution in [-0.4, -0.2) is 10.6 Å². The third kappa shape index (κ3) is 5.51. The molecule has 2 heteroatoms. The van der Waals surface area contributed by atoms with Gasteiger partial charge in [0.15, 0.2) is 0 Å². The lowest BCUT2D eigenvalue weighted by Gasteiger charge is -2.37. The van der Waals surface area contributed by atoms with Crippen molar-refractivity contribution >= 4 is 44.3 Å². The molecule has 0 spiro atoms. The SMILES string of the molecule is C1=CCC=C(c2cc(-c3ccccc3)cc(-c3cccc(-n4c5ccccc5c5cccc(N6c7ccccc7C7=CC6/C=C\C/C=C/7)c54)c3)c2)C=C1. The fraction of sp³-hybridized carbons (Fsp3) is 0.0588. The lowest BCUT2D eigenvalue weighted by Crippen LogP contribution is -2.32. The number of aromatic nitrogens is 1. The van der Waals surface area contributed by atoms with Crippen molar-refractivity contribution in [2.75, 3.05) is 4.90 Å². The summed E-state index contributed by atoms with van der Waals surface area (Å²) >= 11 is 0. The Hall–Kier alpha value is -6.64. The minimum Gasteiger partial charge on any atom is -0.329 e. The first-order valence-corrected chi connectivity index (χ1v) is 18.6. The summed E-state index contributed by atoms with van der Waals surface area (Å²) in [5.41, 5.74) is 15.8. The molecule has 1 unspecified atom stereocenters. The Balaban J connectivity index is 1.19. The molecule has 3 aliphatic rings. The van der Waals surface area contributed by atoms with Crippen molar-refractivity contribution in [3.63, 3.8) is 0 Å². The summed E-state index contributed by atoms with van der Waals surface area (Å²) in [6.07, 6.45) is 24.5. The van der Waals surface area contributed by atoms with Gasteiger partial charge in [-0.1, -0.05) is 146 Å². The molecule has 2 bridgehead atoms. The van der Waals surface area contributed by atoms with Crippen molar-refractivity contribution in [1.29, 1.82) is 0 Å². The predicted octanol–water partition coefficient (Wildman–Crippen LogP) is 13.4. The fourth-order valence-electron chi connectivity index (χ4n) is 8.34. The van der Waals surface area contributed by atoms with Gasteiger partial charge >= 0.3 is 0 Å². The molecule has 0 N–H and O–H groups in total. The Bertz CT molecular complexity index is 2730. The highest BCUT2D eigenvalue weighted by Gasteiger charge is 2.29. The normalized spacial score (nSPS) is 17.4.